The summed E-state index contributed by atoms with van der Waals surface area (Å²) in [5.74, 6) is -0.172. The van der Waals surface area contributed by atoms with Crippen LogP contribution in [0.2, 0.25) is 0 Å². The molecule has 0 bridgehead atoms. The number of carbonyl (C=O) groups excluding carboxylic acids is 2. The molecule has 2 aromatic rings. The lowest BCUT2D eigenvalue weighted by atomic mass is 10.1. The Labute approximate surface area is 180 Å². The van der Waals surface area contributed by atoms with Gasteiger partial charge in [0.2, 0.25) is 5.91 Å². The van der Waals surface area contributed by atoms with Gasteiger partial charge in [-0.2, -0.15) is 0 Å². The molecule has 0 radical (unpaired) electrons. The minimum Gasteiger partial charge on any atom is -0.496 e. The normalized spacial score (nSPS) is 18.4. The zero-order valence-electron chi connectivity index (χ0n) is 18.1. The average molecular weight is 430 g/mol. The summed E-state index contributed by atoms with van der Waals surface area (Å²) in [5.41, 5.74) is 0.513. The summed E-state index contributed by atoms with van der Waals surface area (Å²) >= 11 is 0. The molecule has 0 unspecified atom stereocenters. The van der Waals surface area contributed by atoms with Crippen LogP contribution in [0.3, 0.4) is 0 Å². The topological polar surface area (TPSA) is 102 Å². The number of alkyl carbamates (subject to hydrolysis) is 1. The minimum atomic E-state index is -0.572. The van der Waals surface area contributed by atoms with E-state index in [1.807, 2.05) is 0 Å². The van der Waals surface area contributed by atoms with Crippen LogP contribution < -0.4 is 15.4 Å². The van der Waals surface area contributed by atoms with Crippen LogP contribution >= 0.6 is 0 Å². The van der Waals surface area contributed by atoms with Crippen LogP contribution in [0.15, 0.2) is 30.6 Å². The number of methoxy groups -OCH3 is 1. The highest BCUT2D eigenvalue weighted by atomic mass is 19.1. The quantitative estimate of drug-likeness (QED) is 0.745. The van der Waals surface area contributed by atoms with Gasteiger partial charge in [-0.1, -0.05) is 0 Å². The second kappa shape index (κ2) is 9.28. The first-order chi connectivity index (χ1) is 14.6. The van der Waals surface area contributed by atoms with E-state index in [4.69, 9.17) is 9.47 Å². The van der Waals surface area contributed by atoms with Gasteiger partial charge in [0.25, 0.3) is 0 Å². The third-order valence-corrected chi connectivity index (χ3v) is 4.88. The van der Waals surface area contributed by atoms with E-state index in [1.165, 1.54) is 25.6 Å². The SMILES string of the molecule is COc1cc(F)ccc1-c1cc(NC(=O)[C@H]2CC[C@@H](NC(=O)OC(C)(C)C)C2)ncn1. The maximum atomic E-state index is 13.5. The van der Waals surface area contributed by atoms with E-state index < -0.39 is 17.5 Å². The lowest BCUT2D eigenvalue weighted by molar-refractivity contribution is -0.119. The Morgan fingerprint density at radius 1 is 1.16 bits per heavy atom. The summed E-state index contributed by atoms with van der Waals surface area (Å²) in [4.78, 5) is 33.0. The summed E-state index contributed by atoms with van der Waals surface area (Å²) in [6, 6.07) is 5.64. The number of nitrogens with one attached hydrogen (secondary N) is 2. The number of hydrogen-bond donors (Lipinski definition) is 2. The first-order valence-corrected chi connectivity index (χ1v) is 10.1. The summed E-state index contributed by atoms with van der Waals surface area (Å²) in [6.45, 7) is 5.40. The number of halogens is 1. The van der Waals surface area contributed by atoms with Crippen LogP contribution in [0.1, 0.15) is 40.0 Å². The molecule has 2 N–H and O–H groups in total. The molecule has 2 amide bonds. The van der Waals surface area contributed by atoms with Crippen LogP contribution in [0, 0.1) is 11.7 Å². The van der Waals surface area contributed by atoms with Crippen LogP contribution in [-0.4, -0.2) is 40.7 Å². The molecule has 1 saturated carbocycles. The Kier molecular flexibility index (Phi) is 6.72. The first kappa shape index (κ1) is 22.5. The van der Waals surface area contributed by atoms with Crippen molar-refractivity contribution in [2.24, 2.45) is 5.92 Å². The van der Waals surface area contributed by atoms with Gasteiger partial charge in [0.1, 0.15) is 29.3 Å². The fourth-order valence-corrected chi connectivity index (χ4v) is 3.50. The number of benzene rings is 1. The van der Waals surface area contributed by atoms with Crippen molar-refractivity contribution in [2.75, 3.05) is 12.4 Å². The Bertz CT molecular complexity index is 961. The van der Waals surface area contributed by atoms with Crippen LogP contribution in [0.4, 0.5) is 15.0 Å². The van der Waals surface area contributed by atoms with Crippen molar-refractivity contribution in [1.82, 2.24) is 15.3 Å². The highest BCUT2D eigenvalue weighted by Crippen LogP contribution is 2.31. The molecule has 1 aliphatic rings. The average Bonchev–Trinajstić information content (AvgIpc) is 3.15. The van der Waals surface area contributed by atoms with E-state index in [1.54, 1.807) is 32.9 Å². The first-order valence-electron chi connectivity index (χ1n) is 10.1. The molecule has 0 saturated heterocycles. The third kappa shape index (κ3) is 6.13. The van der Waals surface area contributed by atoms with Gasteiger partial charge < -0.3 is 20.1 Å². The van der Waals surface area contributed by atoms with Gasteiger partial charge in [-0.3, -0.25) is 4.79 Å². The molecule has 31 heavy (non-hydrogen) atoms. The van der Waals surface area contributed by atoms with E-state index in [2.05, 4.69) is 20.6 Å². The van der Waals surface area contributed by atoms with E-state index in [0.717, 1.165) is 0 Å². The largest absolute Gasteiger partial charge is 0.496 e. The predicted molar refractivity (Wildman–Crippen MR) is 113 cm³/mol. The zero-order chi connectivity index (χ0) is 22.6. The van der Waals surface area contributed by atoms with E-state index in [0.29, 0.717) is 42.1 Å². The number of anilines is 1. The van der Waals surface area contributed by atoms with Gasteiger partial charge in [-0.15, -0.1) is 0 Å². The molecule has 2 atom stereocenters. The van der Waals surface area contributed by atoms with Gasteiger partial charge in [-0.05, 0) is 52.2 Å². The summed E-state index contributed by atoms with van der Waals surface area (Å²) in [6.07, 6.45) is 2.71. The summed E-state index contributed by atoms with van der Waals surface area (Å²) in [5, 5.41) is 5.63. The van der Waals surface area contributed by atoms with E-state index in [-0.39, 0.29) is 17.9 Å². The molecule has 1 fully saturated rings. The summed E-state index contributed by atoms with van der Waals surface area (Å²) in [7, 11) is 1.45. The lowest BCUT2D eigenvalue weighted by Crippen LogP contribution is -2.38. The Morgan fingerprint density at radius 2 is 1.94 bits per heavy atom. The number of rotatable bonds is 5. The molecular weight excluding hydrogens is 403 g/mol. The van der Waals surface area contributed by atoms with Crippen LogP contribution in [0.25, 0.3) is 11.3 Å². The molecular formula is C22H27FN4O4. The second-order valence-electron chi connectivity index (χ2n) is 8.48. The Hall–Kier alpha value is -3.23. The van der Waals surface area contributed by atoms with Crippen molar-refractivity contribution in [2.45, 2.75) is 51.7 Å². The fraction of sp³-hybridized carbons (Fsp3) is 0.455. The van der Waals surface area contributed by atoms with E-state index in [9.17, 15) is 14.0 Å². The summed E-state index contributed by atoms with van der Waals surface area (Å²) < 4.78 is 24.0. The number of carbonyl (C=O) groups is 2. The Balaban J connectivity index is 1.62. The van der Waals surface area contributed by atoms with Gasteiger partial charge in [0, 0.05) is 29.7 Å². The molecule has 0 spiro atoms. The Morgan fingerprint density at radius 3 is 2.65 bits per heavy atom. The van der Waals surface area contributed by atoms with Crippen molar-refractivity contribution in [3.05, 3.63) is 36.4 Å². The molecule has 1 heterocycles. The maximum Gasteiger partial charge on any atom is 0.407 e. The molecule has 8 nitrogen and oxygen atoms in total. The molecule has 1 aromatic heterocycles. The van der Waals surface area contributed by atoms with Gasteiger partial charge in [0.15, 0.2) is 0 Å². The third-order valence-electron chi connectivity index (χ3n) is 4.88. The van der Waals surface area contributed by atoms with Gasteiger partial charge in [0.05, 0.1) is 12.8 Å². The van der Waals surface area contributed by atoms with Crippen LogP contribution in [-0.2, 0) is 9.53 Å². The number of aromatic nitrogens is 2. The molecule has 3 rings (SSSR count). The van der Waals surface area contributed by atoms with Crippen molar-refractivity contribution >= 4 is 17.8 Å². The molecule has 9 heteroatoms. The van der Waals surface area contributed by atoms with Crippen molar-refractivity contribution in [1.29, 1.82) is 0 Å². The number of ether oxygens (including phenoxy) is 2. The van der Waals surface area contributed by atoms with Crippen molar-refractivity contribution < 1.29 is 23.5 Å². The predicted octanol–water partition coefficient (Wildman–Crippen LogP) is 3.92. The zero-order valence-corrected chi connectivity index (χ0v) is 18.1. The maximum absolute atomic E-state index is 13.5. The monoisotopic (exact) mass is 430 g/mol. The molecule has 1 aliphatic carbocycles. The van der Waals surface area contributed by atoms with Crippen molar-refractivity contribution in [3.63, 3.8) is 0 Å². The lowest BCUT2D eigenvalue weighted by Gasteiger charge is -2.21. The number of amides is 2. The smallest absolute Gasteiger partial charge is 0.407 e. The molecule has 166 valence electrons. The fourth-order valence-electron chi connectivity index (χ4n) is 3.50. The molecule has 0 aliphatic heterocycles. The highest BCUT2D eigenvalue weighted by molar-refractivity contribution is 5.92. The van der Waals surface area contributed by atoms with Gasteiger partial charge >= 0.3 is 6.09 Å². The van der Waals surface area contributed by atoms with E-state index >= 15 is 0 Å². The number of hydrogen-bond acceptors (Lipinski definition) is 6. The van der Waals surface area contributed by atoms with Crippen LogP contribution in [0.5, 0.6) is 5.75 Å². The van der Waals surface area contributed by atoms with Gasteiger partial charge in [-0.25, -0.2) is 19.2 Å². The van der Waals surface area contributed by atoms with Crippen molar-refractivity contribution in [3.8, 4) is 17.0 Å². The second-order valence-corrected chi connectivity index (χ2v) is 8.48. The highest BCUT2D eigenvalue weighted by Gasteiger charge is 2.32. The molecule has 1 aromatic carbocycles. The number of nitrogens with zero attached hydrogens (tertiary/aromatic N) is 2. The standard InChI is InChI=1S/C22H27FN4O4/c1-22(2,3)31-21(29)26-15-7-5-13(9-15)20(28)27-19-11-17(24-12-25-19)16-8-6-14(23)10-18(16)30-4/h6,8,10-13,15H,5,7,9H2,1-4H3,(H,26,29)(H,24,25,27,28)/t13-,15+/m0/s1. The minimum absolute atomic E-state index is 0.116.